The number of likely N-dealkylation sites (N-methyl/N-ethyl adjacent to an activating group) is 1. The van der Waals surface area contributed by atoms with E-state index in [1.165, 1.54) is 0 Å². The molecule has 0 rings (SSSR count). The van der Waals surface area contributed by atoms with Crippen molar-refractivity contribution in [2.24, 2.45) is 5.73 Å². The average molecular weight is 116 g/mol. The highest BCUT2D eigenvalue weighted by Crippen LogP contribution is 1.92. The van der Waals surface area contributed by atoms with Crippen LogP contribution in [-0.2, 0) is 0 Å². The molecule has 2 heteroatoms. The maximum absolute atomic E-state index is 5.60. The molecule has 0 heterocycles. The minimum atomic E-state index is 0.269. The molecule has 0 bridgehead atoms. The smallest absolute Gasteiger partial charge is 0.0210 e. The highest BCUT2D eigenvalue weighted by atomic mass is 14.9. The van der Waals surface area contributed by atoms with Crippen molar-refractivity contribution in [3.63, 3.8) is 0 Å². The van der Waals surface area contributed by atoms with Gasteiger partial charge >= 0.3 is 0 Å². The second kappa shape index (κ2) is 3.87. The monoisotopic (exact) mass is 116 g/mol. The lowest BCUT2D eigenvalue weighted by atomic mass is 10.1. The van der Waals surface area contributed by atoms with Gasteiger partial charge in [0.05, 0.1) is 0 Å². The Morgan fingerprint density at radius 1 is 1.62 bits per heavy atom. The second-order valence-electron chi connectivity index (χ2n) is 2.16. The lowest BCUT2D eigenvalue weighted by Gasteiger charge is -2.16. The van der Waals surface area contributed by atoms with Crippen LogP contribution in [0.5, 0.6) is 0 Å². The van der Waals surface area contributed by atoms with Gasteiger partial charge in [0.2, 0.25) is 0 Å². The van der Waals surface area contributed by atoms with Crippen LogP contribution in [0.3, 0.4) is 0 Å². The predicted molar refractivity (Wildman–Crippen MR) is 36.8 cm³/mol. The largest absolute Gasteiger partial charge is 0.327 e. The summed E-state index contributed by atoms with van der Waals surface area (Å²) in [5.41, 5.74) is 5.60. The quantitative estimate of drug-likeness (QED) is 0.557. The van der Waals surface area contributed by atoms with Crippen molar-refractivity contribution in [2.75, 3.05) is 7.05 Å². The molecular weight excluding hydrogens is 100 g/mol. The molecule has 0 spiro atoms. The van der Waals surface area contributed by atoms with Gasteiger partial charge in [-0.1, -0.05) is 6.92 Å². The van der Waals surface area contributed by atoms with E-state index in [1.54, 1.807) is 0 Å². The molecule has 0 saturated heterocycles. The SMILES string of the molecule is CCC(NC)C(C)N. The number of hydrogen-bond acceptors (Lipinski definition) is 2. The average Bonchev–Trinajstić information content (AvgIpc) is 1.69. The molecule has 2 nitrogen and oxygen atoms in total. The van der Waals surface area contributed by atoms with Gasteiger partial charge in [0.1, 0.15) is 0 Å². The molecule has 50 valence electrons. The molecule has 0 aromatic carbocycles. The number of nitrogens with one attached hydrogen (secondary N) is 1. The Bertz CT molecular complexity index is 48.5. The molecule has 0 radical (unpaired) electrons. The van der Waals surface area contributed by atoms with Crippen LogP contribution >= 0.6 is 0 Å². The summed E-state index contributed by atoms with van der Waals surface area (Å²) in [4.78, 5) is 0. The number of rotatable bonds is 3. The van der Waals surface area contributed by atoms with E-state index >= 15 is 0 Å². The standard InChI is InChI=1S/C6H16N2/c1-4-6(8-3)5(2)7/h5-6,8H,4,7H2,1-3H3. The number of hydrogen-bond donors (Lipinski definition) is 2. The second-order valence-corrected chi connectivity index (χ2v) is 2.16. The van der Waals surface area contributed by atoms with Crippen molar-refractivity contribution in [3.05, 3.63) is 0 Å². The van der Waals surface area contributed by atoms with Crippen LogP contribution in [0.2, 0.25) is 0 Å². The summed E-state index contributed by atoms with van der Waals surface area (Å²) >= 11 is 0. The van der Waals surface area contributed by atoms with E-state index in [4.69, 9.17) is 5.73 Å². The third-order valence-electron chi connectivity index (χ3n) is 1.45. The highest BCUT2D eigenvalue weighted by Gasteiger charge is 2.05. The Labute approximate surface area is 51.5 Å². The first-order valence-corrected chi connectivity index (χ1v) is 3.15. The molecule has 0 aliphatic carbocycles. The van der Waals surface area contributed by atoms with Crippen molar-refractivity contribution in [2.45, 2.75) is 32.4 Å². The summed E-state index contributed by atoms with van der Waals surface area (Å²) in [6, 6.07) is 0.750. The van der Waals surface area contributed by atoms with Crippen LogP contribution in [-0.4, -0.2) is 19.1 Å². The normalized spacial score (nSPS) is 18.0. The maximum Gasteiger partial charge on any atom is 0.0210 e. The molecule has 0 saturated carbocycles. The van der Waals surface area contributed by atoms with Crippen molar-refractivity contribution < 1.29 is 0 Å². The van der Waals surface area contributed by atoms with Crippen molar-refractivity contribution in [1.82, 2.24) is 5.32 Å². The summed E-state index contributed by atoms with van der Waals surface area (Å²) in [7, 11) is 1.94. The van der Waals surface area contributed by atoms with Gasteiger partial charge in [0.15, 0.2) is 0 Å². The summed E-state index contributed by atoms with van der Waals surface area (Å²) < 4.78 is 0. The van der Waals surface area contributed by atoms with Gasteiger partial charge < -0.3 is 11.1 Å². The highest BCUT2D eigenvalue weighted by molar-refractivity contribution is 4.71. The van der Waals surface area contributed by atoms with Crippen LogP contribution < -0.4 is 11.1 Å². The molecule has 0 aliphatic rings. The van der Waals surface area contributed by atoms with Crippen molar-refractivity contribution in [1.29, 1.82) is 0 Å². The van der Waals surface area contributed by atoms with Gasteiger partial charge in [-0.05, 0) is 20.4 Å². The minimum absolute atomic E-state index is 0.269. The molecule has 0 aromatic heterocycles. The minimum Gasteiger partial charge on any atom is -0.327 e. The lowest BCUT2D eigenvalue weighted by Crippen LogP contribution is -2.40. The first-order chi connectivity index (χ1) is 3.72. The van der Waals surface area contributed by atoms with Gasteiger partial charge in [0.25, 0.3) is 0 Å². The molecule has 3 N–H and O–H groups in total. The summed E-state index contributed by atoms with van der Waals surface area (Å²) in [6.45, 7) is 4.15. The van der Waals surface area contributed by atoms with Crippen LogP contribution in [0.25, 0.3) is 0 Å². The molecular formula is C6H16N2. The fourth-order valence-electron chi connectivity index (χ4n) is 0.839. The van der Waals surface area contributed by atoms with Crippen molar-refractivity contribution >= 4 is 0 Å². The van der Waals surface area contributed by atoms with Gasteiger partial charge in [0, 0.05) is 12.1 Å². The van der Waals surface area contributed by atoms with E-state index in [2.05, 4.69) is 12.2 Å². The lowest BCUT2D eigenvalue weighted by molar-refractivity contribution is 0.470. The molecule has 0 fully saturated rings. The van der Waals surface area contributed by atoms with Crippen LogP contribution in [0.4, 0.5) is 0 Å². The zero-order valence-corrected chi connectivity index (χ0v) is 5.94. The molecule has 2 atom stereocenters. The van der Waals surface area contributed by atoms with Crippen molar-refractivity contribution in [3.8, 4) is 0 Å². The maximum atomic E-state index is 5.60. The van der Waals surface area contributed by atoms with E-state index in [0.717, 1.165) is 6.42 Å². The van der Waals surface area contributed by atoms with Gasteiger partial charge in [-0.15, -0.1) is 0 Å². The van der Waals surface area contributed by atoms with Crippen LogP contribution in [0.15, 0.2) is 0 Å². The molecule has 2 unspecified atom stereocenters. The van der Waals surface area contributed by atoms with Crippen LogP contribution in [0, 0.1) is 0 Å². The Hall–Kier alpha value is -0.0800. The van der Waals surface area contributed by atoms with Gasteiger partial charge in [-0.2, -0.15) is 0 Å². The van der Waals surface area contributed by atoms with Crippen LogP contribution in [0.1, 0.15) is 20.3 Å². The molecule has 8 heavy (non-hydrogen) atoms. The van der Waals surface area contributed by atoms with E-state index in [9.17, 15) is 0 Å². The van der Waals surface area contributed by atoms with E-state index in [0.29, 0.717) is 6.04 Å². The van der Waals surface area contributed by atoms with Gasteiger partial charge in [-0.3, -0.25) is 0 Å². The Balaban J connectivity index is 3.35. The van der Waals surface area contributed by atoms with E-state index in [1.807, 2.05) is 14.0 Å². The zero-order chi connectivity index (χ0) is 6.57. The fraction of sp³-hybridized carbons (Fsp3) is 1.00. The Morgan fingerprint density at radius 2 is 2.12 bits per heavy atom. The Morgan fingerprint density at radius 3 is 2.12 bits per heavy atom. The fourth-order valence-corrected chi connectivity index (χ4v) is 0.839. The third kappa shape index (κ3) is 2.28. The summed E-state index contributed by atoms with van der Waals surface area (Å²) in [6.07, 6.45) is 1.11. The topological polar surface area (TPSA) is 38.0 Å². The molecule has 0 aliphatic heterocycles. The Kier molecular flexibility index (Phi) is 3.83. The first kappa shape index (κ1) is 7.92. The van der Waals surface area contributed by atoms with Gasteiger partial charge in [-0.25, -0.2) is 0 Å². The number of nitrogens with two attached hydrogens (primary N) is 1. The van der Waals surface area contributed by atoms with E-state index < -0.39 is 0 Å². The summed E-state index contributed by atoms with van der Waals surface area (Å²) in [5.74, 6) is 0. The predicted octanol–water partition coefficient (Wildman–Crippen LogP) is 0.332. The molecule has 0 amide bonds. The third-order valence-corrected chi connectivity index (χ3v) is 1.45. The summed E-state index contributed by atoms with van der Waals surface area (Å²) in [5, 5.41) is 3.13. The molecule has 0 aromatic rings. The van der Waals surface area contributed by atoms with E-state index in [-0.39, 0.29) is 6.04 Å². The first-order valence-electron chi connectivity index (χ1n) is 3.15. The zero-order valence-electron chi connectivity index (χ0n) is 5.94.